The van der Waals surface area contributed by atoms with Crippen LogP contribution in [-0.4, -0.2) is 29.1 Å². The van der Waals surface area contributed by atoms with Crippen molar-refractivity contribution in [3.05, 3.63) is 24.3 Å². The molecule has 1 aromatic carbocycles. The number of ether oxygens (including phenoxy) is 2. The van der Waals surface area contributed by atoms with Crippen LogP contribution in [0.4, 0.5) is 0 Å². The maximum atomic E-state index is 13.5. The average Bonchev–Trinajstić information content (AvgIpc) is 3.46. The van der Waals surface area contributed by atoms with Gasteiger partial charge < -0.3 is 9.47 Å². The van der Waals surface area contributed by atoms with Gasteiger partial charge in [0.05, 0.1) is 18.3 Å². The number of hydrogen-bond donors (Lipinski definition) is 0. The summed E-state index contributed by atoms with van der Waals surface area (Å²) in [6.07, 6.45) is 3.41. The van der Waals surface area contributed by atoms with E-state index < -0.39 is 10.8 Å². The van der Waals surface area contributed by atoms with E-state index in [0.29, 0.717) is 11.5 Å². The Bertz CT molecular complexity index is 1030. The third kappa shape index (κ3) is 2.96. The minimum Gasteiger partial charge on any atom is -0.426 e. The summed E-state index contributed by atoms with van der Waals surface area (Å²) in [6.45, 7) is 8.61. The normalized spacial score (nSPS) is 41.1. The highest BCUT2D eigenvalue weighted by Gasteiger charge is 2.85. The van der Waals surface area contributed by atoms with Crippen molar-refractivity contribution in [2.45, 2.75) is 70.5 Å². The molecule has 4 nitrogen and oxygen atoms in total. The molecule has 6 aliphatic carbocycles. The molecule has 0 spiro atoms. The monoisotopic (exact) mass is 878 g/mol. The predicted molar refractivity (Wildman–Crippen MR) is 162 cm³/mol. The first-order chi connectivity index (χ1) is 16.6. The molecule has 198 valence electrons. The Morgan fingerprint density at radius 1 is 0.694 bits per heavy atom. The zero-order valence-corrected chi connectivity index (χ0v) is 29.9. The fourth-order valence-electron chi connectivity index (χ4n) is 8.26. The van der Waals surface area contributed by atoms with Crippen molar-refractivity contribution in [1.82, 2.24) is 0 Å². The molecule has 36 heavy (non-hydrogen) atoms. The van der Waals surface area contributed by atoms with Crippen molar-refractivity contribution in [1.29, 1.82) is 0 Å². The van der Waals surface area contributed by atoms with Gasteiger partial charge in [-0.3, -0.25) is 9.59 Å². The summed E-state index contributed by atoms with van der Waals surface area (Å²) in [5.74, 6) is 0.466. The largest absolute Gasteiger partial charge is 0.426 e. The second-order valence-corrected chi connectivity index (χ2v) is 19.8. The van der Waals surface area contributed by atoms with Crippen LogP contribution in [0.25, 0.3) is 0 Å². The van der Waals surface area contributed by atoms with Gasteiger partial charge in [-0.05, 0) is 60.8 Å². The van der Waals surface area contributed by atoms with Gasteiger partial charge in [0.2, 0.25) is 0 Å². The van der Waals surface area contributed by atoms with Crippen LogP contribution in [-0.2, 0) is 9.59 Å². The number of alkyl halides is 6. The number of halogens is 6. The molecule has 6 unspecified atom stereocenters. The van der Waals surface area contributed by atoms with E-state index in [4.69, 9.17) is 9.47 Å². The molecule has 0 radical (unpaired) electrons. The maximum absolute atomic E-state index is 13.5. The third-order valence-corrected chi connectivity index (χ3v) is 17.4. The van der Waals surface area contributed by atoms with E-state index in [2.05, 4.69) is 123 Å². The van der Waals surface area contributed by atoms with Crippen LogP contribution < -0.4 is 9.47 Å². The molecule has 6 fully saturated rings. The summed E-state index contributed by atoms with van der Waals surface area (Å²) in [4.78, 5) is 27.0. The third-order valence-electron chi connectivity index (χ3n) is 10.9. The van der Waals surface area contributed by atoms with Gasteiger partial charge >= 0.3 is 11.9 Å². The number of rotatable bonds is 6. The fourth-order valence-corrected chi connectivity index (χ4v) is 18.1. The molecule has 1 aromatic rings. The molecule has 6 saturated carbocycles. The molecule has 0 aromatic heterocycles. The number of carbonyl (C=O) groups excluding carboxylic acids is 2. The van der Waals surface area contributed by atoms with Crippen LogP contribution >= 0.6 is 95.6 Å². The van der Waals surface area contributed by atoms with Crippen LogP contribution in [0.5, 0.6) is 11.5 Å². The molecule has 10 heteroatoms. The first-order valence-electron chi connectivity index (χ1n) is 12.0. The molecule has 7 rings (SSSR count). The highest BCUT2D eigenvalue weighted by molar-refractivity contribution is 9.25. The molecule has 6 atom stereocenters. The van der Waals surface area contributed by atoms with Gasteiger partial charge in [-0.1, -0.05) is 123 Å². The minimum absolute atomic E-state index is 0.0171. The summed E-state index contributed by atoms with van der Waals surface area (Å²) < 4.78 is 12.0. The summed E-state index contributed by atoms with van der Waals surface area (Å²) in [7, 11) is 0. The van der Waals surface area contributed by atoms with E-state index in [0.717, 1.165) is 25.7 Å². The number of carbonyl (C=O) groups is 2. The van der Waals surface area contributed by atoms with E-state index >= 15 is 0 Å². The Hall–Kier alpha value is 1.04. The molecule has 0 saturated heterocycles. The molecule has 0 aliphatic heterocycles. The van der Waals surface area contributed by atoms with Gasteiger partial charge in [0.25, 0.3) is 0 Å². The summed E-state index contributed by atoms with van der Waals surface area (Å²) in [6, 6.07) is 6.81. The van der Waals surface area contributed by atoms with Crippen LogP contribution in [0.3, 0.4) is 0 Å². The van der Waals surface area contributed by atoms with Crippen LogP contribution in [0.15, 0.2) is 24.3 Å². The molecule has 0 N–H and O–H groups in total. The van der Waals surface area contributed by atoms with Crippen LogP contribution in [0, 0.1) is 32.5 Å². The van der Waals surface area contributed by atoms with Crippen LogP contribution in [0.2, 0.25) is 0 Å². The lowest BCUT2D eigenvalue weighted by Gasteiger charge is -2.65. The molecule has 0 heterocycles. The van der Waals surface area contributed by atoms with E-state index in [9.17, 15) is 9.59 Å². The van der Waals surface area contributed by atoms with Crippen molar-refractivity contribution in [3.8, 4) is 11.5 Å². The molecule has 4 bridgehead atoms. The highest BCUT2D eigenvalue weighted by atomic mass is 79.9. The quantitative estimate of drug-likeness (QED) is 0.163. The lowest BCUT2D eigenvalue weighted by Crippen LogP contribution is -2.71. The Morgan fingerprint density at radius 3 is 1.22 bits per heavy atom. The Kier molecular flexibility index (Phi) is 6.96. The molecular formula is C26H28Br6O4. The van der Waals surface area contributed by atoms with Crippen LogP contribution in [0.1, 0.15) is 53.4 Å². The Balaban J connectivity index is 1.28. The highest BCUT2D eigenvalue weighted by Crippen LogP contribution is 2.83. The zero-order valence-electron chi connectivity index (χ0n) is 20.3. The van der Waals surface area contributed by atoms with Crippen molar-refractivity contribution in [3.63, 3.8) is 0 Å². The van der Waals surface area contributed by atoms with Crippen molar-refractivity contribution in [2.75, 3.05) is 0 Å². The second kappa shape index (κ2) is 8.77. The number of esters is 2. The standard InChI is InChI=1S/C26H28Br6O4/c1-21(2)23(17(29)30)9-11-25(21,15(23)27)19(33)35-13-5-7-14(8-6-13)36-20(34)26-12-10-24(16(26)28,18(31)32)22(26,3)4/h5-8,15-18H,9-12H2,1-4H3. The van der Waals surface area contributed by atoms with Crippen molar-refractivity contribution < 1.29 is 19.1 Å². The topological polar surface area (TPSA) is 52.6 Å². The van der Waals surface area contributed by atoms with Gasteiger partial charge in [0, 0.05) is 20.5 Å². The van der Waals surface area contributed by atoms with Crippen molar-refractivity contribution >= 4 is 108 Å². The Labute approximate surface area is 262 Å². The molecular weight excluding hydrogens is 856 g/mol. The van der Waals surface area contributed by atoms with Gasteiger partial charge in [-0.2, -0.15) is 0 Å². The van der Waals surface area contributed by atoms with Crippen molar-refractivity contribution in [2.24, 2.45) is 32.5 Å². The summed E-state index contributed by atoms with van der Waals surface area (Å²) >= 11 is 22.5. The first kappa shape index (κ1) is 28.6. The van der Waals surface area contributed by atoms with E-state index in [-0.39, 0.29) is 50.7 Å². The van der Waals surface area contributed by atoms with Gasteiger partial charge in [0.15, 0.2) is 0 Å². The van der Waals surface area contributed by atoms with E-state index in [1.54, 1.807) is 24.3 Å². The second-order valence-electron chi connectivity index (χ2n) is 11.9. The minimum atomic E-state index is -0.588. The Morgan fingerprint density at radius 2 is 1.00 bits per heavy atom. The first-order valence-corrected chi connectivity index (χ1v) is 17.5. The average molecular weight is 884 g/mol. The lowest BCUT2D eigenvalue weighted by atomic mass is 9.43. The SMILES string of the molecule is CC1(C)C2(C(=O)Oc3ccc(OC(=O)C45CCC(C(Br)Br)(C4Br)C5(C)C)cc3)CCC1(C(Br)Br)C2Br. The maximum Gasteiger partial charge on any atom is 0.319 e. The zero-order chi connectivity index (χ0) is 26.7. The van der Waals surface area contributed by atoms with Gasteiger partial charge in [-0.15, -0.1) is 0 Å². The summed E-state index contributed by atoms with van der Waals surface area (Å²) in [5.41, 5.74) is -1.77. The van der Waals surface area contributed by atoms with Gasteiger partial charge in [-0.25, -0.2) is 0 Å². The molecule has 6 aliphatic rings. The smallest absolute Gasteiger partial charge is 0.319 e. The number of hydrogen-bond acceptors (Lipinski definition) is 4. The van der Waals surface area contributed by atoms with E-state index in [1.807, 2.05) is 0 Å². The lowest BCUT2D eigenvalue weighted by molar-refractivity contribution is -0.177. The number of fused-ring (bicyclic) bond motifs is 2. The number of benzene rings is 1. The molecule has 0 amide bonds. The fraction of sp³-hybridized carbons (Fsp3) is 0.692. The predicted octanol–water partition coefficient (Wildman–Crippen LogP) is 8.87. The summed E-state index contributed by atoms with van der Waals surface area (Å²) in [5, 5.41) is 0. The van der Waals surface area contributed by atoms with Gasteiger partial charge in [0.1, 0.15) is 11.5 Å². The van der Waals surface area contributed by atoms with E-state index in [1.165, 1.54) is 0 Å².